The highest BCUT2D eigenvalue weighted by Crippen LogP contribution is 2.41. The van der Waals surface area contributed by atoms with Crippen molar-refractivity contribution in [3.05, 3.63) is 0 Å². The first kappa shape index (κ1) is 17.3. The molecule has 1 rings (SSSR count). The Balaban J connectivity index is 2.27. The minimum Gasteiger partial charge on any atom is -0.385 e. The highest BCUT2D eigenvalue weighted by atomic mass is 16.5. The summed E-state index contributed by atoms with van der Waals surface area (Å²) in [5, 5.41) is 3.24. The van der Waals surface area contributed by atoms with Gasteiger partial charge in [-0.3, -0.25) is 4.99 Å². The summed E-state index contributed by atoms with van der Waals surface area (Å²) in [5.41, 5.74) is 6.30. The van der Waals surface area contributed by atoms with Crippen LogP contribution in [0, 0.1) is 5.41 Å². The van der Waals surface area contributed by atoms with Gasteiger partial charge in [0.05, 0.1) is 0 Å². The molecule has 0 radical (unpaired) electrons. The molecule has 0 atom stereocenters. The molecule has 4 heteroatoms. The van der Waals surface area contributed by atoms with E-state index in [-0.39, 0.29) is 0 Å². The van der Waals surface area contributed by atoms with Crippen molar-refractivity contribution < 1.29 is 4.74 Å². The van der Waals surface area contributed by atoms with Crippen LogP contribution in [-0.2, 0) is 4.74 Å². The lowest BCUT2D eigenvalue weighted by Gasteiger charge is -2.26. The average molecular weight is 283 g/mol. The lowest BCUT2D eigenvalue weighted by Crippen LogP contribution is -2.34. The number of nitrogens with one attached hydrogen (secondary N) is 1. The minimum absolute atomic E-state index is 0.338. The smallest absolute Gasteiger partial charge is 0.188 e. The standard InChI is InChI=1S/C16H33N3O/c1-3-4-5-8-12-18-15(17)19-14-16(11-13-20-2)9-6-7-10-16/h3-14H2,1-2H3,(H3,17,18,19). The zero-order valence-corrected chi connectivity index (χ0v) is 13.4. The fourth-order valence-electron chi connectivity index (χ4n) is 3.01. The van der Waals surface area contributed by atoms with E-state index in [1.807, 2.05) is 0 Å². The van der Waals surface area contributed by atoms with Crippen LogP contribution in [0.4, 0.5) is 0 Å². The summed E-state index contributed by atoms with van der Waals surface area (Å²) in [6.07, 6.45) is 11.3. The van der Waals surface area contributed by atoms with Gasteiger partial charge in [-0.1, -0.05) is 39.0 Å². The first-order valence-corrected chi connectivity index (χ1v) is 8.25. The molecule has 0 unspecified atom stereocenters. The Hall–Kier alpha value is -0.770. The Morgan fingerprint density at radius 1 is 1.25 bits per heavy atom. The van der Waals surface area contributed by atoms with E-state index in [1.165, 1.54) is 51.4 Å². The van der Waals surface area contributed by atoms with Crippen molar-refractivity contribution in [2.75, 3.05) is 26.8 Å². The summed E-state index contributed by atoms with van der Waals surface area (Å²) >= 11 is 0. The Bertz CT molecular complexity index is 273. The number of aliphatic imine (C=N–C) groups is 1. The summed E-state index contributed by atoms with van der Waals surface area (Å²) < 4.78 is 5.24. The van der Waals surface area contributed by atoms with Crippen molar-refractivity contribution in [2.45, 2.75) is 64.7 Å². The Kier molecular flexibility index (Phi) is 8.67. The molecule has 0 aromatic rings. The van der Waals surface area contributed by atoms with E-state index >= 15 is 0 Å². The Morgan fingerprint density at radius 2 is 2.00 bits per heavy atom. The first-order chi connectivity index (χ1) is 9.72. The lowest BCUT2D eigenvalue weighted by molar-refractivity contribution is 0.141. The lowest BCUT2D eigenvalue weighted by atomic mass is 9.83. The van der Waals surface area contributed by atoms with Gasteiger partial charge in [-0.2, -0.15) is 0 Å². The van der Waals surface area contributed by atoms with Crippen LogP contribution in [0.5, 0.6) is 0 Å². The molecular weight excluding hydrogens is 250 g/mol. The Labute approximate surface area is 124 Å². The van der Waals surface area contributed by atoms with E-state index in [9.17, 15) is 0 Å². The van der Waals surface area contributed by atoms with Crippen LogP contribution < -0.4 is 11.1 Å². The molecule has 0 aromatic carbocycles. The normalized spacial score (nSPS) is 18.4. The van der Waals surface area contributed by atoms with Crippen LogP contribution >= 0.6 is 0 Å². The van der Waals surface area contributed by atoms with Crippen LogP contribution in [-0.4, -0.2) is 32.8 Å². The number of nitrogens with zero attached hydrogens (tertiary/aromatic N) is 1. The van der Waals surface area contributed by atoms with Crippen molar-refractivity contribution in [1.82, 2.24) is 5.32 Å². The minimum atomic E-state index is 0.338. The molecular formula is C16H33N3O. The predicted octanol–water partition coefficient (Wildman–Crippen LogP) is 3.07. The number of nitrogens with two attached hydrogens (primary N) is 1. The summed E-state index contributed by atoms with van der Waals surface area (Å²) in [6.45, 7) is 4.86. The van der Waals surface area contributed by atoms with Crippen molar-refractivity contribution in [1.29, 1.82) is 0 Å². The van der Waals surface area contributed by atoms with Crippen molar-refractivity contribution >= 4 is 5.96 Å². The molecule has 1 aliphatic rings. The van der Waals surface area contributed by atoms with Crippen LogP contribution in [0.2, 0.25) is 0 Å². The van der Waals surface area contributed by atoms with E-state index in [2.05, 4.69) is 17.2 Å². The van der Waals surface area contributed by atoms with Gasteiger partial charge in [-0.05, 0) is 31.1 Å². The monoisotopic (exact) mass is 283 g/mol. The highest BCUT2D eigenvalue weighted by molar-refractivity contribution is 5.77. The largest absolute Gasteiger partial charge is 0.385 e. The van der Waals surface area contributed by atoms with Gasteiger partial charge in [0.1, 0.15) is 0 Å². The van der Waals surface area contributed by atoms with E-state index in [0.717, 1.165) is 26.1 Å². The summed E-state index contributed by atoms with van der Waals surface area (Å²) in [7, 11) is 1.78. The summed E-state index contributed by atoms with van der Waals surface area (Å²) in [5.74, 6) is 0.616. The SMILES string of the molecule is CCCCCCNC(N)=NCC1(CCOC)CCCC1. The quantitative estimate of drug-likeness (QED) is 0.368. The second kappa shape index (κ2) is 10.0. The number of hydrogen-bond donors (Lipinski definition) is 2. The maximum absolute atomic E-state index is 5.96. The summed E-state index contributed by atoms with van der Waals surface area (Å²) in [6, 6.07) is 0. The second-order valence-electron chi connectivity index (χ2n) is 6.14. The van der Waals surface area contributed by atoms with Crippen molar-refractivity contribution in [3.8, 4) is 0 Å². The molecule has 0 saturated heterocycles. The van der Waals surface area contributed by atoms with E-state index in [1.54, 1.807) is 7.11 Å². The number of unbranched alkanes of at least 4 members (excludes halogenated alkanes) is 3. The second-order valence-corrected chi connectivity index (χ2v) is 6.14. The topological polar surface area (TPSA) is 59.6 Å². The third-order valence-corrected chi connectivity index (χ3v) is 4.42. The fourth-order valence-corrected chi connectivity index (χ4v) is 3.01. The first-order valence-electron chi connectivity index (χ1n) is 8.25. The molecule has 0 bridgehead atoms. The van der Waals surface area contributed by atoms with Gasteiger partial charge < -0.3 is 15.8 Å². The van der Waals surface area contributed by atoms with Crippen LogP contribution in [0.15, 0.2) is 4.99 Å². The predicted molar refractivity (Wildman–Crippen MR) is 86.0 cm³/mol. The van der Waals surface area contributed by atoms with Gasteiger partial charge in [0, 0.05) is 26.8 Å². The maximum Gasteiger partial charge on any atom is 0.188 e. The molecule has 1 fully saturated rings. The molecule has 1 aliphatic carbocycles. The Morgan fingerprint density at radius 3 is 2.65 bits per heavy atom. The molecule has 1 saturated carbocycles. The molecule has 0 aliphatic heterocycles. The van der Waals surface area contributed by atoms with E-state index < -0.39 is 0 Å². The van der Waals surface area contributed by atoms with Crippen LogP contribution in [0.25, 0.3) is 0 Å². The van der Waals surface area contributed by atoms with E-state index in [0.29, 0.717) is 11.4 Å². The van der Waals surface area contributed by atoms with Gasteiger partial charge in [0.2, 0.25) is 0 Å². The number of ether oxygens (including phenoxy) is 1. The van der Waals surface area contributed by atoms with Crippen molar-refractivity contribution in [2.24, 2.45) is 16.1 Å². The third-order valence-electron chi connectivity index (χ3n) is 4.42. The molecule has 0 heterocycles. The van der Waals surface area contributed by atoms with Gasteiger partial charge in [-0.15, -0.1) is 0 Å². The van der Waals surface area contributed by atoms with Gasteiger partial charge >= 0.3 is 0 Å². The van der Waals surface area contributed by atoms with Gasteiger partial charge in [0.15, 0.2) is 5.96 Å². The van der Waals surface area contributed by atoms with Crippen LogP contribution in [0.3, 0.4) is 0 Å². The number of guanidine groups is 1. The van der Waals surface area contributed by atoms with Gasteiger partial charge in [-0.25, -0.2) is 0 Å². The zero-order chi connectivity index (χ0) is 14.7. The number of hydrogen-bond acceptors (Lipinski definition) is 2. The van der Waals surface area contributed by atoms with Crippen molar-refractivity contribution in [3.63, 3.8) is 0 Å². The maximum atomic E-state index is 5.96. The molecule has 0 aromatic heterocycles. The molecule has 0 amide bonds. The summed E-state index contributed by atoms with van der Waals surface area (Å²) in [4.78, 5) is 4.58. The third kappa shape index (κ3) is 6.60. The van der Waals surface area contributed by atoms with E-state index in [4.69, 9.17) is 10.5 Å². The highest BCUT2D eigenvalue weighted by Gasteiger charge is 2.33. The number of rotatable bonds is 10. The molecule has 3 N–H and O–H groups in total. The molecule has 20 heavy (non-hydrogen) atoms. The zero-order valence-electron chi connectivity index (χ0n) is 13.4. The van der Waals surface area contributed by atoms with Gasteiger partial charge in [0.25, 0.3) is 0 Å². The molecule has 0 spiro atoms. The molecule has 4 nitrogen and oxygen atoms in total. The molecule has 118 valence electrons. The number of methoxy groups -OCH3 is 1. The average Bonchev–Trinajstić information content (AvgIpc) is 2.92. The fraction of sp³-hybridized carbons (Fsp3) is 0.938. The van der Waals surface area contributed by atoms with Crippen LogP contribution in [0.1, 0.15) is 64.7 Å².